The molecule has 23 heavy (non-hydrogen) atoms. The highest BCUT2D eigenvalue weighted by atomic mass is 16.5. The van der Waals surface area contributed by atoms with E-state index in [0.717, 1.165) is 16.6 Å². The van der Waals surface area contributed by atoms with Gasteiger partial charge in [0.2, 0.25) is 0 Å². The van der Waals surface area contributed by atoms with Crippen LogP contribution < -0.4 is 4.90 Å². The third-order valence-corrected chi connectivity index (χ3v) is 3.85. The largest absolute Gasteiger partial charge is 0.461 e. The van der Waals surface area contributed by atoms with E-state index in [1.54, 1.807) is 6.92 Å². The Morgan fingerprint density at radius 3 is 2.65 bits per heavy atom. The third kappa shape index (κ3) is 3.12. The lowest BCUT2D eigenvalue weighted by atomic mass is 10.1. The van der Waals surface area contributed by atoms with Gasteiger partial charge in [0, 0.05) is 18.5 Å². The zero-order chi connectivity index (χ0) is 16.4. The van der Waals surface area contributed by atoms with E-state index in [0.29, 0.717) is 19.7 Å². The van der Waals surface area contributed by atoms with E-state index < -0.39 is 5.97 Å². The van der Waals surface area contributed by atoms with Gasteiger partial charge in [0.15, 0.2) is 5.69 Å². The summed E-state index contributed by atoms with van der Waals surface area (Å²) in [4.78, 5) is 14.5. The summed E-state index contributed by atoms with van der Waals surface area (Å²) >= 11 is 0. The summed E-state index contributed by atoms with van der Waals surface area (Å²) in [5.41, 5.74) is 1.82. The van der Waals surface area contributed by atoms with Crippen LogP contribution in [0.15, 0.2) is 24.3 Å². The van der Waals surface area contributed by atoms with Crippen LogP contribution in [0, 0.1) is 0 Å². The molecule has 1 aliphatic heterocycles. The maximum atomic E-state index is 12.3. The highest BCUT2D eigenvalue weighted by Gasteiger charge is 2.29. The van der Waals surface area contributed by atoms with E-state index in [4.69, 9.17) is 9.47 Å². The van der Waals surface area contributed by atoms with Crippen molar-refractivity contribution in [2.75, 3.05) is 24.6 Å². The lowest BCUT2D eigenvalue weighted by molar-refractivity contribution is -0.00530. The number of carbonyl (C=O) groups is 1. The average molecular weight is 315 g/mol. The molecule has 0 N–H and O–H groups in total. The van der Waals surface area contributed by atoms with Crippen LogP contribution in [0.4, 0.5) is 5.69 Å². The van der Waals surface area contributed by atoms with Gasteiger partial charge in [-0.1, -0.05) is 18.2 Å². The Morgan fingerprint density at radius 1 is 1.26 bits per heavy atom. The molecule has 2 aromatic rings. The first-order valence-corrected chi connectivity index (χ1v) is 7.93. The van der Waals surface area contributed by atoms with Crippen molar-refractivity contribution in [1.82, 2.24) is 10.2 Å². The number of anilines is 1. The minimum atomic E-state index is -0.437. The zero-order valence-electron chi connectivity index (χ0n) is 13.7. The molecule has 1 aromatic carbocycles. The number of carbonyl (C=O) groups excluding carboxylic acids is 1. The summed E-state index contributed by atoms with van der Waals surface area (Å²) in [7, 11) is 0. The van der Waals surface area contributed by atoms with Crippen molar-refractivity contribution in [3.8, 4) is 0 Å². The first kappa shape index (κ1) is 15.7. The number of benzene rings is 1. The summed E-state index contributed by atoms with van der Waals surface area (Å²) < 4.78 is 11.0. The monoisotopic (exact) mass is 315 g/mol. The number of hydrogen-bond acceptors (Lipinski definition) is 6. The van der Waals surface area contributed by atoms with Crippen LogP contribution in [0.1, 0.15) is 31.3 Å². The Morgan fingerprint density at radius 2 is 1.96 bits per heavy atom. The Balaban J connectivity index is 2.14. The molecule has 3 rings (SSSR count). The standard InChI is InChI=1S/C17H21N3O3/c1-4-22-17(21)15-16(20-9-11(2)23-12(3)10-20)13-7-5-6-8-14(13)18-19-15/h5-8,11-12H,4,9-10H2,1-3H3/t11-,12-/m1/s1. The fraction of sp³-hybridized carbons (Fsp3) is 0.471. The SMILES string of the molecule is CCOC(=O)c1nnc2ccccc2c1N1C[C@@H](C)O[C@H](C)C1. The van der Waals surface area contributed by atoms with E-state index in [9.17, 15) is 4.79 Å². The van der Waals surface area contributed by atoms with Crippen LogP contribution in [0.2, 0.25) is 0 Å². The summed E-state index contributed by atoms with van der Waals surface area (Å²) in [6, 6.07) is 7.71. The van der Waals surface area contributed by atoms with Crippen LogP contribution in [-0.2, 0) is 9.47 Å². The van der Waals surface area contributed by atoms with Gasteiger partial charge >= 0.3 is 5.97 Å². The Labute approximate surface area is 135 Å². The molecule has 1 fully saturated rings. The molecule has 0 bridgehead atoms. The smallest absolute Gasteiger partial charge is 0.361 e. The lowest BCUT2D eigenvalue weighted by Crippen LogP contribution is -2.46. The molecule has 1 aliphatic rings. The Bertz CT molecular complexity index is 709. The topological polar surface area (TPSA) is 64.5 Å². The summed E-state index contributed by atoms with van der Waals surface area (Å²) in [6.07, 6.45) is 0.168. The maximum absolute atomic E-state index is 12.3. The van der Waals surface area contributed by atoms with Crippen molar-refractivity contribution in [1.29, 1.82) is 0 Å². The van der Waals surface area contributed by atoms with Gasteiger partial charge in [0.1, 0.15) is 0 Å². The van der Waals surface area contributed by atoms with E-state index in [2.05, 4.69) is 15.1 Å². The van der Waals surface area contributed by atoms with E-state index in [1.165, 1.54) is 0 Å². The van der Waals surface area contributed by atoms with Crippen molar-refractivity contribution in [3.63, 3.8) is 0 Å². The molecule has 0 aliphatic carbocycles. The van der Waals surface area contributed by atoms with Crippen molar-refractivity contribution in [3.05, 3.63) is 30.0 Å². The molecule has 0 unspecified atom stereocenters. The molecule has 6 nitrogen and oxygen atoms in total. The average Bonchev–Trinajstić information content (AvgIpc) is 2.53. The van der Waals surface area contributed by atoms with Gasteiger partial charge in [-0.2, -0.15) is 0 Å². The van der Waals surface area contributed by atoms with Crippen molar-refractivity contribution >= 4 is 22.6 Å². The van der Waals surface area contributed by atoms with Gasteiger partial charge in [0.25, 0.3) is 0 Å². The maximum Gasteiger partial charge on any atom is 0.361 e. The van der Waals surface area contributed by atoms with Gasteiger partial charge in [-0.25, -0.2) is 4.79 Å². The fourth-order valence-corrected chi connectivity index (χ4v) is 3.06. The number of esters is 1. The third-order valence-electron chi connectivity index (χ3n) is 3.85. The second-order valence-corrected chi connectivity index (χ2v) is 5.80. The number of ether oxygens (including phenoxy) is 2. The minimum Gasteiger partial charge on any atom is -0.461 e. The van der Waals surface area contributed by atoms with Crippen LogP contribution >= 0.6 is 0 Å². The summed E-state index contributed by atoms with van der Waals surface area (Å²) in [5, 5.41) is 9.22. The van der Waals surface area contributed by atoms with Gasteiger partial charge in [-0.15, -0.1) is 10.2 Å². The lowest BCUT2D eigenvalue weighted by Gasteiger charge is -2.37. The van der Waals surface area contributed by atoms with Gasteiger partial charge in [-0.05, 0) is 26.8 Å². The molecule has 122 valence electrons. The Kier molecular flexibility index (Phi) is 4.43. The van der Waals surface area contributed by atoms with Crippen molar-refractivity contribution in [2.45, 2.75) is 33.0 Å². The molecule has 2 heterocycles. The highest BCUT2D eigenvalue weighted by Crippen LogP contribution is 2.31. The van der Waals surface area contributed by atoms with E-state index in [-0.39, 0.29) is 17.9 Å². The summed E-state index contributed by atoms with van der Waals surface area (Å²) in [5.74, 6) is -0.437. The molecule has 1 saturated heterocycles. The molecular formula is C17H21N3O3. The molecule has 0 saturated carbocycles. The molecule has 0 amide bonds. The quantitative estimate of drug-likeness (QED) is 0.811. The summed E-state index contributed by atoms with van der Waals surface area (Å²) in [6.45, 7) is 7.56. The first-order valence-electron chi connectivity index (χ1n) is 7.93. The van der Waals surface area contributed by atoms with Crippen LogP contribution in [0.25, 0.3) is 10.9 Å². The van der Waals surface area contributed by atoms with Crippen LogP contribution in [-0.4, -0.2) is 48.1 Å². The number of morpholine rings is 1. The first-order chi connectivity index (χ1) is 11.1. The second kappa shape index (κ2) is 6.50. The number of hydrogen-bond donors (Lipinski definition) is 0. The van der Waals surface area contributed by atoms with Crippen molar-refractivity contribution in [2.24, 2.45) is 0 Å². The minimum absolute atomic E-state index is 0.0840. The number of nitrogens with zero attached hydrogens (tertiary/aromatic N) is 3. The molecule has 0 spiro atoms. The van der Waals surface area contributed by atoms with Crippen LogP contribution in [0.3, 0.4) is 0 Å². The molecule has 2 atom stereocenters. The molecule has 0 radical (unpaired) electrons. The number of rotatable bonds is 3. The van der Waals surface area contributed by atoms with E-state index >= 15 is 0 Å². The van der Waals surface area contributed by atoms with Gasteiger partial charge in [0.05, 0.1) is 30.0 Å². The molecular weight excluding hydrogens is 294 g/mol. The van der Waals surface area contributed by atoms with Crippen LogP contribution in [0.5, 0.6) is 0 Å². The fourth-order valence-electron chi connectivity index (χ4n) is 3.06. The van der Waals surface area contributed by atoms with Gasteiger partial charge in [-0.3, -0.25) is 0 Å². The molecule has 6 heteroatoms. The second-order valence-electron chi connectivity index (χ2n) is 5.80. The Hall–Kier alpha value is -2.21. The normalized spacial score (nSPS) is 21.4. The number of fused-ring (bicyclic) bond motifs is 1. The predicted octanol–water partition coefficient (Wildman–Crippen LogP) is 2.42. The number of aromatic nitrogens is 2. The predicted molar refractivity (Wildman–Crippen MR) is 87.7 cm³/mol. The van der Waals surface area contributed by atoms with Crippen molar-refractivity contribution < 1.29 is 14.3 Å². The molecule has 1 aromatic heterocycles. The highest BCUT2D eigenvalue weighted by molar-refractivity contribution is 6.03. The van der Waals surface area contributed by atoms with Gasteiger partial charge < -0.3 is 14.4 Å². The van der Waals surface area contributed by atoms with E-state index in [1.807, 2.05) is 38.1 Å². The zero-order valence-corrected chi connectivity index (χ0v) is 13.7.